The first-order valence-corrected chi connectivity index (χ1v) is 12.2. The number of benzene rings is 1. The fraction of sp³-hybridized carbons (Fsp3) is 0.292. The lowest BCUT2D eigenvalue weighted by molar-refractivity contribution is -0.135. The van der Waals surface area contributed by atoms with E-state index in [4.69, 9.17) is 17.3 Å². The lowest BCUT2D eigenvalue weighted by atomic mass is 9.97. The van der Waals surface area contributed by atoms with Crippen molar-refractivity contribution in [1.82, 2.24) is 19.9 Å². The van der Waals surface area contributed by atoms with Gasteiger partial charge in [-0.1, -0.05) is 29.8 Å². The van der Waals surface area contributed by atoms with Gasteiger partial charge in [0.15, 0.2) is 0 Å². The molecular weight excluding hydrogens is 527 g/mol. The van der Waals surface area contributed by atoms with Crippen molar-refractivity contribution < 1.29 is 4.79 Å². The summed E-state index contributed by atoms with van der Waals surface area (Å²) >= 11 is 7.68. The summed E-state index contributed by atoms with van der Waals surface area (Å²) in [5.74, 6) is 0.785. The van der Waals surface area contributed by atoms with E-state index in [1.807, 2.05) is 41.4 Å². The molecule has 1 fully saturated rings. The minimum atomic E-state index is -0.237. The third kappa shape index (κ3) is 5.73. The smallest absolute Gasteiger partial charge is 0.227 e. The molecule has 0 saturated carbocycles. The molecular formula is C24H27Cl3N6OS. The quantitative estimate of drug-likeness (QED) is 0.363. The Morgan fingerprint density at radius 1 is 1.11 bits per heavy atom. The SMILES string of the molecule is Cl.Cl.NC[C@H](Cc1ccc(Cl)cc1)C(=O)N1CCN(c2ncnc3[nH]cc(-c4cccs4)c23)CC1. The van der Waals surface area contributed by atoms with Crippen LogP contribution >= 0.6 is 47.8 Å². The molecule has 1 aromatic carbocycles. The maximum Gasteiger partial charge on any atom is 0.227 e. The number of aromatic nitrogens is 3. The minimum Gasteiger partial charge on any atom is -0.352 e. The number of carbonyl (C=O) groups excluding carboxylic acids is 1. The fourth-order valence-corrected chi connectivity index (χ4v) is 5.26. The van der Waals surface area contributed by atoms with Crippen LogP contribution in [0.3, 0.4) is 0 Å². The number of carbonyl (C=O) groups is 1. The Labute approximate surface area is 225 Å². The van der Waals surface area contributed by atoms with E-state index in [1.54, 1.807) is 17.7 Å². The van der Waals surface area contributed by atoms with Crippen molar-refractivity contribution in [3.63, 3.8) is 0 Å². The molecule has 0 spiro atoms. The van der Waals surface area contributed by atoms with Crippen molar-refractivity contribution in [2.75, 3.05) is 37.6 Å². The average Bonchev–Trinajstić information content (AvgIpc) is 3.53. The number of anilines is 1. The average molecular weight is 554 g/mol. The maximum atomic E-state index is 13.2. The molecule has 1 saturated heterocycles. The van der Waals surface area contributed by atoms with E-state index >= 15 is 0 Å². The van der Waals surface area contributed by atoms with Gasteiger partial charge < -0.3 is 20.5 Å². The van der Waals surface area contributed by atoms with Gasteiger partial charge in [0, 0.05) is 54.4 Å². The van der Waals surface area contributed by atoms with Crippen LogP contribution in [0.25, 0.3) is 21.5 Å². The Morgan fingerprint density at radius 2 is 1.86 bits per heavy atom. The number of piperazine rings is 1. The van der Waals surface area contributed by atoms with Gasteiger partial charge in [-0.3, -0.25) is 4.79 Å². The predicted molar refractivity (Wildman–Crippen MR) is 148 cm³/mol. The van der Waals surface area contributed by atoms with Gasteiger partial charge in [-0.15, -0.1) is 36.2 Å². The number of fused-ring (bicyclic) bond motifs is 1. The number of aromatic amines is 1. The first kappa shape index (κ1) is 27.2. The van der Waals surface area contributed by atoms with Gasteiger partial charge in [-0.2, -0.15) is 0 Å². The lowest BCUT2D eigenvalue weighted by Gasteiger charge is -2.37. The zero-order valence-corrected chi connectivity index (χ0v) is 22.1. The molecule has 1 amide bonds. The van der Waals surface area contributed by atoms with Gasteiger partial charge in [-0.05, 0) is 35.6 Å². The second kappa shape index (κ2) is 12.1. The normalized spacial score (nSPS) is 14.3. The monoisotopic (exact) mass is 552 g/mol. The van der Waals surface area contributed by atoms with Crippen molar-refractivity contribution in [1.29, 1.82) is 0 Å². The number of hydrogen-bond donors (Lipinski definition) is 2. The molecule has 186 valence electrons. The number of nitrogens with two attached hydrogens (primary N) is 1. The third-order valence-electron chi connectivity index (χ3n) is 6.16. The van der Waals surface area contributed by atoms with Crippen molar-refractivity contribution in [3.05, 3.63) is 64.9 Å². The number of amides is 1. The minimum absolute atomic E-state index is 0. The molecule has 4 aromatic rings. The molecule has 5 rings (SSSR count). The Bertz CT molecular complexity index is 1240. The standard InChI is InChI=1S/C24H25ClN6OS.2ClH/c25-18-5-3-16(4-6-18)12-17(13-26)24(32)31-9-7-30(8-10-31)23-21-19(20-2-1-11-33-20)14-27-22(21)28-15-29-23;;/h1-6,11,14-15,17H,7-10,12-13,26H2,(H,27,28,29);2*1H/t17-;;/m0../s1. The van der Waals surface area contributed by atoms with E-state index in [0.717, 1.165) is 28.0 Å². The van der Waals surface area contributed by atoms with Crippen LogP contribution in [0.5, 0.6) is 0 Å². The summed E-state index contributed by atoms with van der Waals surface area (Å²) in [7, 11) is 0. The van der Waals surface area contributed by atoms with Gasteiger partial charge in [0.25, 0.3) is 0 Å². The van der Waals surface area contributed by atoms with E-state index in [2.05, 4.69) is 31.3 Å². The van der Waals surface area contributed by atoms with E-state index in [9.17, 15) is 4.79 Å². The maximum absolute atomic E-state index is 13.2. The summed E-state index contributed by atoms with van der Waals surface area (Å²) in [4.78, 5) is 30.9. The Kier molecular flexibility index (Phi) is 9.38. The summed E-state index contributed by atoms with van der Waals surface area (Å²) in [6.45, 7) is 3.03. The number of rotatable bonds is 6. The van der Waals surface area contributed by atoms with E-state index < -0.39 is 0 Å². The first-order chi connectivity index (χ1) is 16.1. The summed E-state index contributed by atoms with van der Waals surface area (Å²) < 4.78 is 0. The summed E-state index contributed by atoms with van der Waals surface area (Å²) in [6.07, 6.45) is 4.21. The first-order valence-electron chi connectivity index (χ1n) is 11.0. The lowest BCUT2D eigenvalue weighted by Crippen LogP contribution is -2.51. The van der Waals surface area contributed by atoms with Crippen molar-refractivity contribution in [3.8, 4) is 10.4 Å². The molecule has 35 heavy (non-hydrogen) atoms. The molecule has 0 bridgehead atoms. The topological polar surface area (TPSA) is 91.1 Å². The van der Waals surface area contributed by atoms with Crippen LogP contribution in [0.1, 0.15) is 5.56 Å². The van der Waals surface area contributed by atoms with Gasteiger partial charge in [0.1, 0.15) is 17.8 Å². The van der Waals surface area contributed by atoms with Crippen LogP contribution in [0, 0.1) is 5.92 Å². The summed E-state index contributed by atoms with van der Waals surface area (Å²) in [5.41, 5.74) is 8.99. The van der Waals surface area contributed by atoms with Crippen LogP contribution in [0.4, 0.5) is 5.82 Å². The van der Waals surface area contributed by atoms with E-state index in [0.29, 0.717) is 44.2 Å². The highest BCUT2D eigenvalue weighted by Gasteiger charge is 2.28. The van der Waals surface area contributed by atoms with Gasteiger partial charge >= 0.3 is 0 Å². The van der Waals surface area contributed by atoms with Crippen molar-refractivity contribution in [2.45, 2.75) is 6.42 Å². The molecule has 1 aliphatic rings. The highest BCUT2D eigenvalue weighted by Crippen LogP contribution is 2.36. The number of thiophene rings is 1. The fourth-order valence-electron chi connectivity index (χ4n) is 4.39. The Balaban J connectivity index is 0.00000171. The Hall–Kier alpha value is -2.36. The van der Waals surface area contributed by atoms with Crippen molar-refractivity contribution >= 4 is 70.5 Å². The number of nitrogens with zero attached hydrogens (tertiary/aromatic N) is 4. The molecule has 3 N–H and O–H groups in total. The number of H-pyrrole nitrogens is 1. The predicted octanol–water partition coefficient (Wildman–Crippen LogP) is 4.65. The van der Waals surface area contributed by atoms with Gasteiger partial charge in [-0.25, -0.2) is 9.97 Å². The summed E-state index contributed by atoms with van der Waals surface area (Å²) in [5, 5.41) is 3.79. The molecule has 0 radical (unpaired) electrons. The second-order valence-corrected chi connectivity index (χ2v) is 9.56. The molecule has 11 heteroatoms. The molecule has 4 heterocycles. The molecule has 0 unspecified atom stereocenters. The largest absolute Gasteiger partial charge is 0.352 e. The van der Waals surface area contributed by atoms with Crippen LogP contribution in [-0.2, 0) is 11.2 Å². The highest BCUT2D eigenvalue weighted by atomic mass is 35.5. The molecule has 0 aliphatic carbocycles. The van der Waals surface area contributed by atoms with E-state index in [-0.39, 0.29) is 36.6 Å². The zero-order chi connectivity index (χ0) is 22.8. The molecule has 7 nitrogen and oxygen atoms in total. The van der Waals surface area contributed by atoms with Crippen LogP contribution in [-0.4, -0.2) is 58.5 Å². The number of nitrogens with one attached hydrogen (secondary N) is 1. The molecule has 1 aliphatic heterocycles. The zero-order valence-electron chi connectivity index (χ0n) is 18.9. The number of hydrogen-bond acceptors (Lipinski definition) is 6. The van der Waals surface area contributed by atoms with E-state index in [1.165, 1.54) is 4.88 Å². The third-order valence-corrected chi connectivity index (χ3v) is 7.31. The number of halogens is 3. The van der Waals surface area contributed by atoms with Crippen LogP contribution < -0.4 is 10.6 Å². The van der Waals surface area contributed by atoms with Crippen LogP contribution in [0.2, 0.25) is 5.02 Å². The molecule has 1 atom stereocenters. The highest BCUT2D eigenvalue weighted by molar-refractivity contribution is 7.13. The second-order valence-electron chi connectivity index (χ2n) is 8.18. The summed E-state index contributed by atoms with van der Waals surface area (Å²) in [6, 6.07) is 11.8. The molecule has 3 aromatic heterocycles. The Morgan fingerprint density at radius 3 is 2.51 bits per heavy atom. The van der Waals surface area contributed by atoms with Gasteiger partial charge in [0.2, 0.25) is 5.91 Å². The van der Waals surface area contributed by atoms with Gasteiger partial charge in [0.05, 0.1) is 11.3 Å². The van der Waals surface area contributed by atoms with Crippen LogP contribution in [0.15, 0.2) is 54.3 Å². The van der Waals surface area contributed by atoms with Crippen molar-refractivity contribution in [2.24, 2.45) is 11.7 Å².